The summed E-state index contributed by atoms with van der Waals surface area (Å²) in [6.07, 6.45) is 0. The zero-order valence-corrected chi connectivity index (χ0v) is 8.07. The van der Waals surface area contributed by atoms with Gasteiger partial charge in [-0.05, 0) is 12.5 Å². The van der Waals surface area contributed by atoms with E-state index in [0.717, 1.165) is 5.56 Å². The third kappa shape index (κ3) is 1.67. The quantitative estimate of drug-likeness (QED) is 0.566. The first-order valence-corrected chi connectivity index (χ1v) is 4.17. The highest BCUT2D eigenvalue weighted by Gasteiger charge is 2.17. The van der Waals surface area contributed by atoms with Crippen molar-refractivity contribution in [1.82, 2.24) is 0 Å². The van der Waals surface area contributed by atoms with E-state index in [1.807, 2.05) is 0 Å². The van der Waals surface area contributed by atoms with Gasteiger partial charge in [-0.1, -0.05) is 6.07 Å². The predicted molar refractivity (Wildman–Crippen MR) is 53.3 cm³/mol. The molecule has 0 fully saturated rings. The Hall–Kier alpha value is -1.62. The number of aliphatic hydroxyl groups is 1. The normalized spacial score (nSPS) is 9.93. The molecule has 0 unspecified atom stereocenters. The SMILES string of the molecule is CNc1c([N+](=O)[O-])ccc(C)c1CO. The van der Waals surface area contributed by atoms with Gasteiger partial charge in [0, 0.05) is 18.7 Å². The average molecular weight is 196 g/mol. The molecule has 0 amide bonds. The minimum absolute atomic E-state index is 0.0119. The maximum absolute atomic E-state index is 10.6. The van der Waals surface area contributed by atoms with Crippen molar-refractivity contribution >= 4 is 11.4 Å². The van der Waals surface area contributed by atoms with Gasteiger partial charge in [-0.3, -0.25) is 10.1 Å². The second-order valence-corrected chi connectivity index (χ2v) is 2.92. The number of nitrogens with zero attached hydrogens (tertiary/aromatic N) is 1. The van der Waals surface area contributed by atoms with E-state index in [4.69, 9.17) is 5.11 Å². The molecule has 0 aliphatic carbocycles. The Bertz CT molecular complexity index is 363. The van der Waals surface area contributed by atoms with E-state index in [2.05, 4.69) is 5.32 Å². The van der Waals surface area contributed by atoms with Gasteiger partial charge in [-0.2, -0.15) is 0 Å². The lowest BCUT2D eigenvalue weighted by molar-refractivity contribution is -0.384. The average Bonchev–Trinajstić information content (AvgIpc) is 2.16. The first-order chi connectivity index (χ1) is 6.61. The molecule has 0 bridgehead atoms. The Kier molecular flexibility index (Phi) is 3.03. The molecule has 14 heavy (non-hydrogen) atoms. The number of hydrogen-bond acceptors (Lipinski definition) is 4. The molecule has 0 heterocycles. The summed E-state index contributed by atoms with van der Waals surface area (Å²) in [5, 5.41) is 22.5. The van der Waals surface area contributed by atoms with Crippen molar-refractivity contribution < 1.29 is 10.0 Å². The molecule has 0 spiro atoms. The molecule has 1 aromatic rings. The minimum Gasteiger partial charge on any atom is -0.392 e. The van der Waals surface area contributed by atoms with Gasteiger partial charge in [0.25, 0.3) is 5.69 Å². The molecule has 0 atom stereocenters. The van der Waals surface area contributed by atoms with Gasteiger partial charge < -0.3 is 10.4 Å². The molecule has 2 N–H and O–H groups in total. The molecule has 1 aromatic carbocycles. The lowest BCUT2D eigenvalue weighted by Gasteiger charge is -2.09. The summed E-state index contributed by atoms with van der Waals surface area (Å²) in [6.45, 7) is 1.60. The summed E-state index contributed by atoms with van der Waals surface area (Å²) in [7, 11) is 1.60. The monoisotopic (exact) mass is 196 g/mol. The van der Waals surface area contributed by atoms with Crippen molar-refractivity contribution in [2.45, 2.75) is 13.5 Å². The molecule has 5 heteroatoms. The first-order valence-electron chi connectivity index (χ1n) is 4.17. The lowest BCUT2D eigenvalue weighted by atomic mass is 10.1. The fraction of sp³-hybridized carbons (Fsp3) is 0.333. The zero-order valence-electron chi connectivity index (χ0n) is 8.07. The number of nitro groups is 1. The number of aliphatic hydroxyl groups excluding tert-OH is 1. The molecule has 0 aliphatic heterocycles. The number of hydrogen-bond donors (Lipinski definition) is 2. The van der Waals surface area contributed by atoms with Crippen LogP contribution in [0, 0.1) is 17.0 Å². The maximum atomic E-state index is 10.6. The molecule has 0 saturated carbocycles. The standard InChI is InChI=1S/C9H12N2O3/c1-6-3-4-8(11(13)14)9(10-2)7(6)5-12/h3-4,10,12H,5H2,1-2H3. The maximum Gasteiger partial charge on any atom is 0.292 e. The fourth-order valence-electron chi connectivity index (χ4n) is 1.37. The van der Waals surface area contributed by atoms with Crippen molar-refractivity contribution in [1.29, 1.82) is 0 Å². The van der Waals surface area contributed by atoms with Gasteiger partial charge >= 0.3 is 0 Å². The number of benzene rings is 1. The summed E-state index contributed by atoms with van der Waals surface area (Å²) in [5.41, 5.74) is 1.78. The molecule has 0 saturated heterocycles. The van der Waals surface area contributed by atoms with Crippen LogP contribution in [0.15, 0.2) is 12.1 Å². The van der Waals surface area contributed by atoms with Gasteiger partial charge in [-0.15, -0.1) is 0 Å². The third-order valence-electron chi connectivity index (χ3n) is 2.13. The highest BCUT2D eigenvalue weighted by atomic mass is 16.6. The molecule has 1 rings (SSSR count). The summed E-state index contributed by atoms with van der Waals surface area (Å²) in [4.78, 5) is 10.2. The van der Waals surface area contributed by atoms with Crippen LogP contribution in [0.5, 0.6) is 0 Å². The van der Waals surface area contributed by atoms with E-state index >= 15 is 0 Å². The number of aryl methyl sites for hydroxylation is 1. The van der Waals surface area contributed by atoms with Crippen molar-refractivity contribution in [2.24, 2.45) is 0 Å². The van der Waals surface area contributed by atoms with Crippen molar-refractivity contribution in [2.75, 3.05) is 12.4 Å². The summed E-state index contributed by atoms with van der Waals surface area (Å²) >= 11 is 0. The van der Waals surface area contributed by atoms with E-state index in [9.17, 15) is 10.1 Å². The molecule has 0 radical (unpaired) electrons. The van der Waals surface area contributed by atoms with Crippen LogP contribution in [0.25, 0.3) is 0 Å². The highest BCUT2D eigenvalue weighted by molar-refractivity contribution is 5.67. The van der Waals surface area contributed by atoms with Crippen LogP contribution < -0.4 is 5.32 Å². The van der Waals surface area contributed by atoms with Crippen LogP contribution in [0.2, 0.25) is 0 Å². The molecule has 0 aliphatic rings. The highest BCUT2D eigenvalue weighted by Crippen LogP contribution is 2.30. The van der Waals surface area contributed by atoms with Gasteiger partial charge in [0.2, 0.25) is 0 Å². The Morgan fingerprint density at radius 2 is 2.21 bits per heavy atom. The van der Waals surface area contributed by atoms with Crippen LogP contribution in [0.1, 0.15) is 11.1 Å². The van der Waals surface area contributed by atoms with E-state index in [0.29, 0.717) is 11.3 Å². The third-order valence-corrected chi connectivity index (χ3v) is 2.13. The number of rotatable bonds is 3. The number of nitro benzene ring substituents is 1. The molecule has 76 valence electrons. The van der Waals surface area contributed by atoms with E-state index in [1.54, 1.807) is 20.0 Å². The fourth-order valence-corrected chi connectivity index (χ4v) is 1.37. The van der Waals surface area contributed by atoms with Crippen LogP contribution in [-0.2, 0) is 6.61 Å². The minimum atomic E-state index is -0.468. The first kappa shape index (κ1) is 10.5. The van der Waals surface area contributed by atoms with Crippen LogP contribution >= 0.6 is 0 Å². The van der Waals surface area contributed by atoms with Gasteiger partial charge in [0.15, 0.2) is 0 Å². The Morgan fingerprint density at radius 3 is 2.64 bits per heavy atom. The second kappa shape index (κ2) is 4.06. The molecular weight excluding hydrogens is 184 g/mol. The van der Waals surface area contributed by atoms with Gasteiger partial charge in [-0.25, -0.2) is 0 Å². The van der Waals surface area contributed by atoms with Crippen LogP contribution in [0.3, 0.4) is 0 Å². The van der Waals surface area contributed by atoms with Crippen molar-refractivity contribution in [3.8, 4) is 0 Å². The summed E-state index contributed by atoms with van der Waals surface area (Å²) in [5.74, 6) is 0. The van der Waals surface area contributed by atoms with Crippen molar-refractivity contribution in [3.63, 3.8) is 0 Å². The number of anilines is 1. The van der Waals surface area contributed by atoms with E-state index in [1.165, 1.54) is 6.07 Å². The second-order valence-electron chi connectivity index (χ2n) is 2.92. The Labute approximate surface area is 81.5 Å². The van der Waals surface area contributed by atoms with E-state index in [-0.39, 0.29) is 12.3 Å². The summed E-state index contributed by atoms with van der Waals surface area (Å²) < 4.78 is 0. The lowest BCUT2D eigenvalue weighted by Crippen LogP contribution is -2.02. The topological polar surface area (TPSA) is 75.4 Å². The largest absolute Gasteiger partial charge is 0.392 e. The van der Waals surface area contributed by atoms with Gasteiger partial charge in [0.05, 0.1) is 11.5 Å². The van der Waals surface area contributed by atoms with Crippen molar-refractivity contribution in [3.05, 3.63) is 33.4 Å². The zero-order chi connectivity index (χ0) is 10.7. The van der Waals surface area contributed by atoms with Gasteiger partial charge in [0.1, 0.15) is 5.69 Å². The smallest absolute Gasteiger partial charge is 0.292 e. The predicted octanol–water partition coefficient (Wildman–Crippen LogP) is 1.44. The van der Waals surface area contributed by atoms with Crippen LogP contribution in [0.4, 0.5) is 11.4 Å². The Morgan fingerprint density at radius 1 is 1.57 bits per heavy atom. The van der Waals surface area contributed by atoms with Crippen LogP contribution in [-0.4, -0.2) is 17.1 Å². The Balaban J connectivity index is 3.40. The molecule has 0 aromatic heterocycles. The molecular formula is C9H12N2O3. The number of nitrogens with one attached hydrogen (secondary N) is 1. The molecule has 5 nitrogen and oxygen atoms in total. The summed E-state index contributed by atoms with van der Waals surface area (Å²) in [6, 6.07) is 3.06. The van der Waals surface area contributed by atoms with E-state index < -0.39 is 4.92 Å².